The number of hydrogen-bond donors (Lipinski definition) is 2. The fraction of sp³-hybridized carbons (Fsp3) is 0.242. The van der Waals surface area contributed by atoms with Crippen LogP contribution in [0.5, 0.6) is 0 Å². The molecule has 2 aromatic carbocycles. The Morgan fingerprint density at radius 1 is 0.930 bits per heavy atom. The van der Waals surface area contributed by atoms with Crippen LogP contribution >= 0.6 is 0 Å². The van der Waals surface area contributed by atoms with Gasteiger partial charge in [-0.3, -0.25) is 14.7 Å². The van der Waals surface area contributed by atoms with Crippen molar-refractivity contribution in [3.05, 3.63) is 102 Å². The molecule has 1 saturated heterocycles. The molecular weight excluding hydrogens is 540 g/mol. The number of aryl methyl sites for hydroxylation is 2. The Kier molecular flexibility index (Phi) is 8.21. The number of oxazole rings is 1. The molecule has 0 radical (unpaired) electrons. The molecule has 10 nitrogen and oxygen atoms in total. The van der Waals surface area contributed by atoms with E-state index in [1.165, 1.54) is 5.56 Å². The molecule has 1 amide bonds. The monoisotopic (exact) mass is 574 g/mol. The lowest BCUT2D eigenvalue weighted by atomic mass is 10.1. The predicted molar refractivity (Wildman–Crippen MR) is 167 cm³/mol. The molecule has 0 unspecified atom stereocenters. The SMILES string of the molecule is Cc1coc(-c2cncc(-c3ccnc(Nc4cc(NC(=O)c5ccc(CN6CCN(C)CC6)cc5)ccc4C)n3)c2)n1. The van der Waals surface area contributed by atoms with Gasteiger partial charge in [-0.25, -0.2) is 15.0 Å². The number of carbonyl (C=O) groups is 1. The minimum Gasteiger partial charge on any atom is -0.444 e. The van der Waals surface area contributed by atoms with Crippen LogP contribution in [0, 0.1) is 13.8 Å². The Bertz CT molecular complexity index is 1730. The lowest BCUT2D eigenvalue weighted by Crippen LogP contribution is -2.43. The third kappa shape index (κ3) is 6.94. The van der Waals surface area contributed by atoms with Crippen LogP contribution in [0.3, 0.4) is 0 Å². The van der Waals surface area contributed by atoms with Gasteiger partial charge in [-0.2, -0.15) is 0 Å². The van der Waals surface area contributed by atoms with Gasteiger partial charge in [-0.15, -0.1) is 0 Å². The Morgan fingerprint density at radius 2 is 1.72 bits per heavy atom. The standard InChI is InChI=1S/C33H34N8O2/c1-22-4-9-28(37-31(42)25-7-5-24(6-8-25)20-41-14-12-40(3)13-15-41)17-30(22)39-33-35-11-10-29(38-33)26-16-27(19-34-18-26)32-36-23(2)21-43-32/h4-11,16-19,21H,12-15,20H2,1-3H3,(H,37,42)(H,35,38,39). The molecule has 5 aromatic rings. The molecule has 218 valence electrons. The summed E-state index contributed by atoms with van der Waals surface area (Å²) < 4.78 is 5.53. The van der Waals surface area contributed by atoms with Gasteiger partial charge in [0.1, 0.15) is 6.26 Å². The highest BCUT2D eigenvalue weighted by molar-refractivity contribution is 6.04. The highest BCUT2D eigenvalue weighted by Crippen LogP contribution is 2.27. The van der Waals surface area contributed by atoms with Gasteiger partial charge in [0.05, 0.1) is 17.0 Å². The number of aromatic nitrogens is 4. The average Bonchev–Trinajstić information content (AvgIpc) is 3.47. The molecule has 0 bridgehead atoms. The van der Waals surface area contributed by atoms with Crippen LogP contribution in [-0.2, 0) is 6.54 Å². The molecule has 1 aliphatic heterocycles. The predicted octanol–water partition coefficient (Wildman–Crippen LogP) is 5.55. The van der Waals surface area contributed by atoms with E-state index in [1.54, 1.807) is 24.9 Å². The summed E-state index contributed by atoms with van der Waals surface area (Å²) >= 11 is 0. The lowest BCUT2D eigenvalue weighted by Gasteiger charge is -2.32. The molecule has 3 aromatic heterocycles. The van der Waals surface area contributed by atoms with Crippen molar-refractivity contribution in [1.29, 1.82) is 0 Å². The summed E-state index contributed by atoms with van der Waals surface area (Å²) in [5.74, 6) is 0.778. The van der Waals surface area contributed by atoms with Crippen molar-refractivity contribution in [2.75, 3.05) is 43.9 Å². The normalized spacial score (nSPS) is 14.0. The van der Waals surface area contributed by atoms with E-state index in [2.05, 4.69) is 42.4 Å². The Morgan fingerprint density at radius 3 is 2.49 bits per heavy atom. The zero-order valence-corrected chi connectivity index (χ0v) is 24.5. The van der Waals surface area contributed by atoms with Gasteiger partial charge in [-0.1, -0.05) is 18.2 Å². The molecule has 4 heterocycles. The molecule has 10 heteroatoms. The van der Waals surface area contributed by atoms with E-state index >= 15 is 0 Å². The summed E-state index contributed by atoms with van der Waals surface area (Å²) in [5, 5.41) is 6.32. The maximum Gasteiger partial charge on any atom is 0.255 e. The first-order valence-corrected chi connectivity index (χ1v) is 14.3. The number of anilines is 3. The van der Waals surface area contributed by atoms with Crippen molar-refractivity contribution in [3.8, 4) is 22.7 Å². The first-order valence-electron chi connectivity index (χ1n) is 14.3. The van der Waals surface area contributed by atoms with Gasteiger partial charge in [0.2, 0.25) is 11.8 Å². The van der Waals surface area contributed by atoms with Crippen molar-refractivity contribution >= 4 is 23.2 Å². The van der Waals surface area contributed by atoms with Crippen molar-refractivity contribution in [1.82, 2.24) is 29.7 Å². The van der Waals surface area contributed by atoms with Crippen LogP contribution < -0.4 is 10.6 Å². The smallest absolute Gasteiger partial charge is 0.255 e. The van der Waals surface area contributed by atoms with Crippen LogP contribution in [0.4, 0.5) is 17.3 Å². The molecule has 1 aliphatic rings. The summed E-state index contributed by atoms with van der Waals surface area (Å²) in [6, 6.07) is 17.3. The molecule has 43 heavy (non-hydrogen) atoms. The molecule has 0 atom stereocenters. The first-order chi connectivity index (χ1) is 20.9. The number of benzene rings is 2. The Labute approximate surface area is 250 Å². The Balaban J connectivity index is 1.12. The molecule has 2 N–H and O–H groups in total. The van der Waals surface area contributed by atoms with Gasteiger partial charge in [0.25, 0.3) is 5.91 Å². The zero-order valence-electron chi connectivity index (χ0n) is 24.5. The molecule has 0 aliphatic carbocycles. The number of hydrogen-bond acceptors (Lipinski definition) is 9. The van der Waals surface area contributed by atoms with E-state index in [9.17, 15) is 4.79 Å². The maximum absolute atomic E-state index is 13.0. The minimum absolute atomic E-state index is 0.159. The highest BCUT2D eigenvalue weighted by Gasteiger charge is 2.15. The number of nitrogens with one attached hydrogen (secondary N) is 2. The summed E-state index contributed by atoms with van der Waals surface area (Å²) in [6.07, 6.45) is 6.76. The summed E-state index contributed by atoms with van der Waals surface area (Å²) in [7, 11) is 2.16. The van der Waals surface area contributed by atoms with Gasteiger partial charge in [-0.05, 0) is 68.4 Å². The average molecular weight is 575 g/mol. The van der Waals surface area contributed by atoms with E-state index in [-0.39, 0.29) is 5.91 Å². The summed E-state index contributed by atoms with van der Waals surface area (Å²) in [5.41, 5.74) is 7.36. The second-order valence-electron chi connectivity index (χ2n) is 10.9. The molecular formula is C33H34N8O2. The van der Waals surface area contributed by atoms with Gasteiger partial charge < -0.3 is 20.0 Å². The third-order valence-electron chi connectivity index (χ3n) is 7.52. The van der Waals surface area contributed by atoms with Crippen molar-refractivity contribution in [3.63, 3.8) is 0 Å². The van der Waals surface area contributed by atoms with E-state index in [0.29, 0.717) is 28.8 Å². The van der Waals surface area contributed by atoms with E-state index in [1.807, 2.05) is 68.4 Å². The second-order valence-corrected chi connectivity index (χ2v) is 10.9. The fourth-order valence-electron chi connectivity index (χ4n) is 4.95. The van der Waals surface area contributed by atoms with Crippen LogP contribution in [0.1, 0.15) is 27.2 Å². The van der Waals surface area contributed by atoms with Gasteiger partial charge in [0.15, 0.2) is 0 Å². The van der Waals surface area contributed by atoms with E-state index in [0.717, 1.165) is 60.8 Å². The summed E-state index contributed by atoms with van der Waals surface area (Å²) in [6.45, 7) is 9.05. The number of pyridine rings is 1. The van der Waals surface area contributed by atoms with Crippen molar-refractivity contribution in [2.45, 2.75) is 20.4 Å². The van der Waals surface area contributed by atoms with Crippen LogP contribution in [0.25, 0.3) is 22.7 Å². The zero-order chi connectivity index (χ0) is 29.8. The highest BCUT2D eigenvalue weighted by atomic mass is 16.3. The van der Waals surface area contributed by atoms with E-state index in [4.69, 9.17) is 9.40 Å². The first kappa shape index (κ1) is 28.2. The maximum atomic E-state index is 13.0. The number of amides is 1. The third-order valence-corrected chi connectivity index (χ3v) is 7.52. The summed E-state index contributed by atoms with van der Waals surface area (Å²) in [4.78, 5) is 35.7. The number of piperazine rings is 1. The van der Waals surface area contributed by atoms with Crippen molar-refractivity contribution < 1.29 is 9.21 Å². The van der Waals surface area contributed by atoms with Crippen LogP contribution in [-0.4, -0.2) is 68.9 Å². The number of carbonyl (C=O) groups excluding carboxylic acids is 1. The second kappa shape index (κ2) is 12.5. The molecule has 0 saturated carbocycles. The molecule has 6 rings (SSSR count). The van der Waals surface area contributed by atoms with Gasteiger partial charge in [0, 0.05) is 73.8 Å². The fourth-order valence-corrected chi connectivity index (χ4v) is 4.95. The van der Waals surface area contributed by atoms with Gasteiger partial charge >= 0.3 is 0 Å². The quantitative estimate of drug-likeness (QED) is 0.246. The number of nitrogens with zero attached hydrogens (tertiary/aromatic N) is 6. The van der Waals surface area contributed by atoms with E-state index < -0.39 is 0 Å². The largest absolute Gasteiger partial charge is 0.444 e. The van der Waals surface area contributed by atoms with Crippen LogP contribution in [0.15, 0.2) is 83.9 Å². The Hall–Kier alpha value is -4.93. The van der Waals surface area contributed by atoms with Crippen LogP contribution in [0.2, 0.25) is 0 Å². The minimum atomic E-state index is -0.159. The lowest BCUT2D eigenvalue weighted by molar-refractivity contribution is 0.102. The topological polar surface area (TPSA) is 112 Å². The number of likely N-dealkylation sites (N-methyl/N-ethyl adjacent to an activating group) is 1. The number of rotatable bonds is 8. The molecule has 1 fully saturated rings. The molecule has 0 spiro atoms. The van der Waals surface area contributed by atoms with Crippen molar-refractivity contribution in [2.24, 2.45) is 0 Å².